The van der Waals surface area contributed by atoms with Crippen molar-refractivity contribution in [2.24, 2.45) is 0 Å². The number of aromatic amines is 1. The van der Waals surface area contributed by atoms with Gasteiger partial charge in [-0.2, -0.15) is 0 Å². The first-order chi connectivity index (χ1) is 9.61. The van der Waals surface area contributed by atoms with Crippen molar-refractivity contribution in [2.75, 3.05) is 11.9 Å². The molecule has 0 amide bonds. The summed E-state index contributed by atoms with van der Waals surface area (Å²) in [7, 11) is 0. The van der Waals surface area contributed by atoms with Crippen molar-refractivity contribution < 1.29 is 0 Å². The van der Waals surface area contributed by atoms with E-state index < -0.39 is 5.69 Å². The molecule has 0 aliphatic carbocycles. The van der Waals surface area contributed by atoms with E-state index >= 15 is 0 Å². The lowest BCUT2D eigenvalue weighted by atomic mass is 10.2. The average molecular weight is 294 g/mol. The maximum absolute atomic E-state index is 11.7. The van der Waals surface area contributed by atoms with Crippen LogP contribution in [0.4, 0.5) is 5.69 Å². The zero-order valence-electron chi connectivity index (χ0n) is 11.1. The Morgan fingerprint density at radius 2 is 2.05 bits per heavy atom. The van der Waals surface area contributed by atoms with E-state index in [1.54, 1.807) is 12.3 Å². The fourth-order valence-corrected chi connectivity index (χ4v) is 2.09. The van der Waals surface area contributed by atoms with Crippen LogP contribution in [0.2, 0.25) is 5.02 Å². The summed E-state index contributed by atoms with van der Waals surface area (Å²) in [5.41, 5.74) is 0.714. The summed E-state index contributed by atoms with van der Waals surface area (Å²) in [5.74, 6) is 0. The van der Waals surface area contributed by atoms with Crippen molar-refractivity contribution in [3.05, 3.63) is 61.9 Å². The predicted octanol–water partition coefficient (Wildman–Crippen LogP) is 1.86. The van der Waals surface area contributed by atoms with E-state index in [1.807, 2.05) is 25.1 Å². The number of halogens is 1. The molecule has 0 unspecified atom stereocenters. The van der Waals surface area contributed by atoms with Gasteiger partial charge >= 0.3 is 5.69 Å². The summed E-state index contributed by atoms with van der Waals surface area (Å²) in [6.45, 7) is 2.87. The van der Waals surface area contributed by atoms with Gasteiger partial charge in [0, 0.05) is 24.8 Å². The molecule has 2 rings (SSSR count). The molecule has 2 aromatic rings. The van der Waals surface area contributed by atoms with E-state index in [4.69, 9.17) is 11.6 Å². The minimum absolute atomic E-state index is 0.312. The molecule has 2 N–H and O–H groups in total. The van der Waals surface area contributed by atoms with E-state index in [2.05, 4.69) is 10.3 Å². The largest absolute Gasteiger partial charge is 0.382 e. The Kier molecular flexibility index (Phi) is 4.63. The van der Waals surface area contributed by atoms with Gasteiger partial charge in [-0.1, -0.05) is 30.7 Å². The molecule has 1 aromatic carbocycles. The first-order valence-corrected chi connectivity index (χ1v) is 6.80. The van der Waals surface area contributed by atoms with Crippen molar-refractivity contribution in [3.63, 3.8) is 0 Å². The summed E-state index contributed by atoms with van der Waals surface area (Å²) >= 11 is 6.03. The monoisotopic (exact) mass is 293 g/mol. The van der Waals surface area contributed by atoms with Gasteiger partial charge in [-0.25, -0.2) is 4.79 Å². The molecule has 6 heteroatoms. The lowest BCUT2D eigenvalue weighted by molar-refractivity contribution is 0.660. The highest BCUT2D eigenvalue weighted by Crippen LogP contribution is 2.19. The van der Waals surface area contributed by atoms with Crippen LogP contribution in [-0.2, 0) is 13.0 Å². The van der Waals surface area contributed by atoms with Crippen molar-refractivity contribution in [1.29, 1.82) is 0 Å². The normalized spacial score (nSPS) is 10.5. The molecule has 0 saturated carbocycles. The first-order valence-electron chi connectivity index (χ1n) is 6.43. The molecular formula is C14H16ClN3O2. The van der Waals surface area contributed by atoms with Gasteiger partial charge in [0.05, 0.1) is 10.7 Å². The first kappa shape index (κ1) is 14.4. The van der Waals surface area contributed by atoms with Crippen LogP contribution < -0.4 is 16.6 Å². The standard InChI is InChI=1S/C14H16ClN3O2/c1-2-10-9-18(14(20)17-13(10)19)8-7-16-12-6-4-3-5-11(12)15/h3-6,9,16H,2,7-8H2,1H3,(H,17,19,20). The second-order valence-electron chi connectivity index (χ2n) is 4.37. The van der Waals surface area contributed by atoms with Crippen LogP contribution in [0.15, 0.2) is 40.1 Å². The maximum atomic E-state index is 11.7. The maximum Gasteiger partial charge on any atom is 0.328 e. The summed E-state index contributed by atoms with van der Waals surface area (Å²) in [5, 5.41) is 3.79. The number of anilines is 1. The molecule has 0 fully saturated rings. The van der Waals surface area contributed by atoms with Crippen LogP contribution in [0.1, 0.15) is 12.5 Å². The topological polar surface area (TPSA) is 66.9 Å². The van der Waals surface area contributed by atoms with Crippen LogP contribution in [0.5, 0.6) is 0 Å². The van der Waals surface area contributed by atoms with Crippen molar-refractivity contribution in [2.45, 2.75) is 19.9 Å². The molecule has 5 nitrogen and oxygen atoms in total. The summed E-state index contributed by atoms with van der Waals surface area (Å²) < 4.78 is 1.49. The molecule has 1 aromatic heterocycles. The minimum Gasteiger partial charge on any atom is -0.382 e. The fraction of sp³-hybridized carbons (Fsp3) is 0.286. The van der Waals surface area contributed by atoms with Crippen LogP contribution in [0.25, 0.3) is 0 Å². The summed E-state index contributed by atoms with van der Waals surface area (Å²) in [6, 6.07) is 7.41. The Morgan fingerprint density at radius 3 is 2.75 bits per heavy atom. The van der Waals surface area contributed by atoms with Gasteiger partial charge in [-0.3, -0.25) is 14.3 Å². The number of rotatable bonds is 5. The van der Waals surface area contributed by atoms with E-state index in [9.17, 15) is 9.59 Å². The summed E-state index contributed by atoms with van der Waals surface area (Å²) in [4.78, 5) is 25.4. The Hall–Kier alpha value is -2.01. The van der Waals surface area contributed by atoms with Crippen LogP contribution in [-0.4, -0.2) is 16.1 Å². The highest BCUT2D eigenvalue weighted by atomic mass is 35.5. The van der Waals surface area contributed by atoms with E-state index in [0.29, 0.717) is 30.1 Å². The SMILES string of the molecule is CCc1cn(CCNc2ccccc2Cl)c(=O)[nH]c1=O. The third kappa shape index (κ3) is 3.30. The number of aromatic nitrogens is 2. The second kappa shape index (κ2) is 6.43. The van der Waals surface area contributed by atoms with Crippen molar-refractivity contribution >= 4 is 17.3 Å². The molecule has 106 valence electrons. The zero-order valence-corrected chi connectivity index (χ0v) is 11.9. The number of nitrogens with one attached hydrogen (secondary N) is 2. The lowest BCUT2D eigenvalue weighted by Gasteiger charge is -2.10. The van der Waals surface area contributed by atoms with Crippen LogP contribution in [0, 0.1) is 0 Å². The van der Waals surface area contributed by atoms with E-state index in [1.165, 1.54) is 4.57 Å². The molecule has 1 heterocycles. The smallest absolute Gasteiger partial charge is 0.328 e. The predicted molar refractivity (Wildman–Crippen MR) is 80.6 cm³/mol. The number of para-hydroxylation sites is 1. The van der Waals surface area contributed by atoms with Gasteiger partial charge in [0.1, 0.15) is 0 Å². The Balaban J connectivity index is 2.07. The van der Waals surface area contributed by atoms with Crippen molar-refractivity contribution in [3.8, 4) is 0 Å². The van der Waals surface area contributed by atoms with E-state index in [-0.39, 0.29) is 5.56 Å². The Morgan fingerprint density at radius 1 is 1.30 bits per heavy atom. The Labute approximate surface area is 121 Å². The quantitative estimate of drug-likeness (QED) is 0.884. The fourth-order valence-electron chi connectivity index (χ4n) is 1.89. The van der Waals surface area contributed by atoms with Gasteiger partial charge in [-0.15, -0.1) is 0 Å². The van der Waals surface area contributed by atoms with Gasteiger partial charge < -0.3 is 5.32 Å². The molecular weight excluding hydrogens is 278 g/mol. The van der Waals surface area contributed by atoms with Gasteiger partial charge in [-0.05, 0) is 18.6 Å². The molecule has 0 spiro atoms. The number of hydrogen-bond acceptors (Lipinski definition) is 3. The van der Waals surface area contributed by atoms with E-state index in [0.717, 1.165) is 5.69 Å². The number of H-pyrrole nitrogens is 1. The third-order valence-electron chi connectivity index (χ3n) is 3.01. The molecule has 0 bridgehead atoms. The second-order valence-corrected chi connectivity index (χ2v) is 4.77. The van der Waals surface area contributed by atoms with Crippen molar-refractivity contribution in [1.82, 2.24) is 9.55 Å². The number of benzene rings is 1. The molecule has 0 saturated heterocycles. The lowest BCUT2D eigenvalue weighted by Crippen LogP contribution is -2.33. The van der Waals surface area contributed by atoms with Crippen LogP contribution >= 0.6 is 11.6 Å². The molecule has 0 radical (unpaired) electrons. The molecule has 20 heavy (non-hydrogen) atoms. The molecule has 0 aliphatic rings. The highest BCUT2D eigenvalue weighted by Gasteiger charge is 2.03. The number of hydrogen-bond donors (Lipinski definition) is 2. The highest BCUT2D eigenvalue weighted by molar-refractivity contribution is 6.33. The summed E-state index contributed by atoms with van der Waals surface area (Å²) in [6.07, 6.45) is 2.20. The molecule has 0 atom stereocenters. The number of aryl methyl sites for hydroxylation is 1. The Bertz CT molecular complexity index is 706. The third-order valence-corrected chi connectivity index (χ3v) is 3.34. The minimum atomic E-state index is -0.395. The molecule has 0 aliphatic heterocycles. The van der Waals surface area contributed by atoms with Gasteiger partial charge in [0.25, 0.3) is 5.56 Å². The average Bonchev–Trinajstić information content (AvgIpc) is 2.43. The van der Waals surface area contributed by atoms with Gasteiger partial charge in [0.15, 0.2) is 0 Å². The van der Waals surface area contributed by atoms with Gasteiger partial charge in [0.2, 0.25) is 0 Å². The van der Waals surface area contributed by atoms with Crippen LogP contribution in [0.3, 0.4) is 0 Å². The zero-order chi connectivity index (χ0) is 14.5. The number of nitrogens with zero attached hydrogens (tertiary/aromatic N) is 1.